The number of rotatable bonds is 5. The Balaban J connectivity index is 1.66. The molecule has 1 amide bonds. The summed E-state index contributed by atoms with van der Waals surface area (Å²) < 4.78 is 0. The topological polar surface area (TPSA) is 45.2 Å². The van der Waals surface area contributed by atoms with Gasteiger partial charge in [-0.25, -0.2) is 4.98 Å². The highest BCUT2D eigenvalue weighted by Crippen LogP contribution is 2.20. The Morgan fingerprint density at radius 1 is 1.04 bits per heavy atom. The van der Waals surface area contributed by atoms with Gasteiger partial charge in [-0.15, -0.1) is 0 Å². The first-order chi connectivity index (χ1) is 12.1. The van der Waals surface area contributed by atoms with E-state index in [1.165, 1.54) is 0 Å². The Bertz CT molecular complexity index is 850. The van der Waals surface area contributed by atoms with E-state index >= 15 is 0 Å². The molecule has 5 heteroatoms. The lowest BCUT2D eigenvalue weighted by molar-refractivity contribution is 0.0779. The molecule has 0 spiro atoms. The zero-order valence-electron chi connectivity index (χ0n) is 13.8. The average Bonchev–Trinajstić information content (AvgIpc) is 2.62. The quantitative estimate of drug-likeness (QED) is 0.721. The number of halogens is 1. The first-order valence-electron chi connectivity index (χ1n) is 7.90. The lowest BCUT2D eigenvalue weighted by Crippen LogP contribution is -2.26. The number of pyridine rings is 1. The van der Waals surface area contributed by atoms with Crippen LogP contribution in [0.3, 0.4) is 0 Å². The standard InChI is InChI=1S/C20H18ClN3O/c1-24(14-15-6-3-2-4-7-15)20(25)19-11-10-18(13-22-19)23-17-9-5-8-16(21)12-17/h2-13,23H,14H2,1H3. The van der Waals surface area contributed by atoms with E-state index in [9.17, 15) is 4.79 Å². The molecular formula is C20H18ClN3O. The number of hydrogen-bond acceptors (Lipinski definition) is 3. The van der Waals surface area contributed by atoms with Gasteiger partial charge in [0, 0.05) is 24.3 Å². The molecule has 0 saturated heterocycles. The number of benzene rings is 2. The van der Waals surface area contributed by atoms with Crippen LogP contribution in [0.25, 0.3) is 0 Å². The molecule has 3 aromatic rings. The lowest BCUT2D eigenvalue weighted by Gasteiger charge is -2.17. The molecule has 4 nitrogen and oxygen atoms in total. The second kappa shape index (κ2) is 7.81. The molecule has 2 aromatic carbocycles. The van der Waals surface area contributed by atoms with Crippen molar-refractivity contribution in [3.05, 3.63) is 89.2 Å². The first-order valence-corrected chi connectivity index (χ1v) is 8.27. The summed E-state index contributed by atoms with van der Waals surface area (Å²) in [4.78, 5) is 18.4. The fourth-order valence-corrected chi connectivity index (χ4v) is 2.64. The van der Waals surface area contributed by atoms with Gasteiger partial charge in [0.15, 0.2) is 0 Å². The summed E-state index contributed by atoms with van der Waals surface area (Å²) in [5.41, 5.74) is 3.16. The zero-order valence-corrected chi connectivity index (χ0v) is 14.6. The summed E-state index contributed by atoms with van der Waals surface area (Å²) in [5.74, 6) is -0.113. The maximum atomic E-state index is 12.5. The molecule has 0 unspecified atom stereocenters. The number of carbonyl (C=O) groups excluding carboxylic acids is 1. The van der Waals surface area contributed by atoms with Crippen LogP contribution in [0.4, 0.5) is 11.4 Å². The molecule has 0 aliphatic rings. The van der Waals surface area contributed by atoms with Crippen LogP contribution < -0.4 is 5.32 Å². The first kappa shape index (κ1) is 17.0. The summed E-state index contributed by atoms with van der Waals surface area (Å²) >= 11 is 5.97. The van der Waals surface area contributed by atoms with Crippen LogP contribution in [0, 0.1) is 0 Å². The van der Waals surface area contributed by atoms with Crippen molar-refractivity contribution >= 4 is 28.9 Å². The van der Waals surface area contributed by atoms with Crippen LogP contribution in [0.2, 0.25) is 5.02 Å². The number of anilines is 2. The number of nitrogens with one attached hydrogen (secondary N) is 1. The van der Waals surface area contributed by atoms with E-state index in [1.54, 1.807) is 24.2 Å². The third-order valence-electron chi connectivity index (χ3n) is 3.71. The van der Waals surface area contributed by atoms with E-state index in [1.807, 2.05) is 60.7 Å². The van der Waals surface area contributed by atoms with Crippen LogP contribution in [-0.2, 0) is 6.54 Å². The average molecular weight is 352 g/mol. The molecule has 0 aliphatic carbocycles. The number of aromatic nitrogens is 1. The highest BCUT2D eigenvalue weighted by molar-refractivity contribution is 6.30. The van der Waals surface area contributed by atoms with Gasteiger partial charge in [0.25, 0.3) is 5.91 Å². The maximum Gasteiger partial charge on any atom is 0.272 e. The molecular weight excluding hydrogens is 334 g/mol. The molecule has 1 heterocycles. The van der Waals surface area contributed by atoms with Crippen molar-refractivity contribution in [1.82, 2.24) is 9.88 Å². The van der Waals surface area contributed by atoms with Gasteiger partial charge in [0.2, 0.25) is 0 Å². The summed E-state index contributed by atoms with van der Waals surface area (Å²) in [5, 5.41) is 3.87. The molecule has 0 fully saturated rings. The van der Waals surface area contributed by atoms with E-state index in [-0.39, 0.29) is 5.91 Å². The van der Waals surface area contributed by atoms with Gasteiger partial charge in [-0.2, -0.15) is 0 Å². The summed E-state index contributed by atoms with van der Waals surface area (Å²) in [7, 11) is 1.77. The van der Waals surface area contributed by atoms with E-state index < -0.39 is 0 Å². The second-order valence-corrected chi connectivity index (χ2v) is 6.15. The largest absolute Gasteiger partial charge is 0.354 e. The van der Waals surface area contributed by atoms with Gasteiger partial charge in [-0.1, -0.05) is 48.0 Å². The van der Waals surface area contributed by atoms with Crippen molar-refractivity contribution < 1.29 is 4.79 Å². The Labute approximate surface area is 152 Å². The third kappa shape index (κ3) is 4.58. The zero-order chi connectivity index (χ0) is 17.6. The van der Waals surface area contributed by atoms with Gasteiger partial charge < -0.3 is 10.2 Å². The maximum absolute atomic E-state index is 12.5. The SMILES string of the molecule is CN(Cc1ccccc1)C(=O)c1ccc(Nc2cccc(Cl)c2)cn1. The van der Waals surface area contributed by atoms with Gasteiger partial charge in [0.05, 0.1) is 11.9 Å². The number of carbonyl (C=O) groups is 1. The predicted octanol–water partition coefficient (Wildman–Crippen LogP) is 4.75. The molecule has 0 bridgehead atoms. The normalized spacial score (nSPS) is 10.3. The molecule has 3 rings (SSSR count). The van der Waals surface area contributed by atoms with Crippen LogP contribution >= 0.6 is 11.6 Å². The molecule has 126 valence electrons. The minimum atomic E-state index is -0.113. The van der Waals surface area contributed by atoms with Crippen LogP contribution in [-0.4, -0.2) is 22.8 Å². The van der Waals surface area contributed by atoms with Crippen molar-refractivity contribution in [3.8, 4) is 0 Å². The smallest absolute Gasteiger partial charge is 0.272 e. The third-order valence-corrected chi connectivity index (χ3v) is 3.94. The summed E-state index contributed by atoms with van der Waals surface area (Å²) in [6.45, 7) is 0.546. The van der Waals surface area contributed by atoms with Crippen LogP contribution in [0.5, 0.6) is 0 Å². The Kier molecular flexibility index (Phi) is 5.31. The van der Waals surface area contributed by atoms with Crippen molar-refractivity contribution in [2.45, 2.75) is 6.54 Å². The van der Waals surface area contributed by atoms with E-state index in [0.29, 0.717) is 17.3 Å². The van der Waals surface area contributed by atoms with E-state index in [4.69, 9.17) is 11.6 Å². The molecule has 0 atom stereocenters. The minimum Gasteiger partial charge on any atom is -0.354 e. The number of amides is 1. The van der Waals surface area contributed by atoms with Gasteiger partial charge >= 0.3 is 0 Å². The number of hydrogen-bond donors (Lipinski definition) is 1. The fraction of sp³-hybridized carbons (Fsp3) is 0.100. The van der Waals surface area contributed by atoms with Crippen molar-refractivity contribution in [1.29, 1.82) is 0 Å². The highest BCUT2D eigenvalue weighted by Gasteiger charge is 2.13. The summed E-state index contributed by atoms with van der Waals surface area (Å²) in [6, 6.07) is 20.8. The number of nitrogens with zero attached hydrogens (tertiary/aromatic N) is 2. The Morgan fingerprint density at radius 3 is 2.52 bits per heavy atom. The van der Waals surface area contributed by atoms with Crippen LogP contribution in [0.15, 0.2) is 72.9 Å². The predicted molar refractivity (Wildman–Crippen MR) is 101 cm³/mol. The summed E-state index contributed by atoms with van der Waals surface area (Å²) in [6.07, 6.45) is 1.64. The fourth-order valence-electron chi connectivity index (χ4n) is 2.45. The minimum absolute atomic E-state index is 0.113. The lowest BCUT2D eigenvalue weighted by atomic mass is 10.2. The second-order valence-electron chi connectivity index (χ2n) is 5.71. The highest BCUT2D eigenvalue weighted by atomic mass is 35.5. The van der Waals surface area contributed by atoms with Gasteiger partial charge in [0.1, 0.15) is 5.69 Å². The molecule has 1 aromatic heterocycles. The molecule has 0 aliphatic heterocycles. The van der Waals surface area contributed by atoms with Gasteiger partial charge in [-0.3, -0.25) is 4.79 Å². The molecule has 1 N–H and O–H groups in total. The van der Waals surface area contributed by atoms with Crippen molar-refractivity contribution in [2.24, 2.45) is 0 Å². The van der Waals surface area contributed by atoms with Crippen LogP contribution in [0.1, 0.15) is 16.1 Å². The monoisotopic (exact) mass is 351 g/mol. The van der Waals surface area contributed by atoms with E-state index in [0.717, 1.165) is 16.9 Å². The molecule has 0 radical (unpaired) electrons. The molecule has 0 saturated carbocycles. The Morgan fingerprint density at radius 2 is 1.84 bits per heavy atom. The van der Waals surface area contributed by atoms with Crippen molar-refractivity contribution in [3.63, 3.8) is 0 Å². The van der Waals surface area contributed by atoms with Gasteiger partial charge in [-0.05, 0) is 35.9 Å². The molecule has 25 heavy (non-hydrogen) atoms. The Hall–Kier alpha value is -2.85. The van der Waals surface area contributed by atoms with E-state index in [2.05, 4.69) is 10.3 Å². The van der Waals surface area contributed by atoms with Crippen molar-refractivity contribution in [2.75, 3.05) is 12.4 Å².